The van der Waals surface area contributed by atoms with Gasteiger partial charge in [-0.25, -0.2) is 0 Å². The van der Waals surface area contributed by atoms with Crippen LogP contribution in [0.5, 0.6) is 0 Å². The Morgan fingerprint density at radius 1 is 0.944 bits per heavy atom. The summed E-state index contributed by atoms with van der Waals surface area (Å²) in [6.07, 6.45) is 11.5. The molecular formula is C14H29N3Ti. The number of hydrogen-bond donors (Lipinski definition) is 3. The fraction of sp³-hybridized carbons (Fsp3) is 0.714. The fourth-order valence-electron chi connectivity index (χ4n) is 2.19. The molecule has 0 saturated carbocycles. The zero-order valence-corrected chi connectivity index (χ0v) is 13.7. The van der Waals surface area contributed by atoms with Gasteiger partial charge < -0.3 is 0 Å². The second kappa shape index (κ2) is 9.05. The van der Waals surface area contributed by atoms with Gasteiger partial charge in [0.25, 0.3) is 0 Å². The molecule has 0 aromatic carbocycles. The molecule has 0 aromatic heterocycles. The van der Waals surface area contributed by atoms with Gasteiger partial charge in [0.05, 0.1) is 0 Å². The first-order valence-corrected chi connectivity index (χ1v) is 10.5. The molecule has 0 aromatic rings. The van der Waals surface area contributed by atoms with Gasteiger partial charge in [-0.05, 0) is 0 Å². The molecular weight excluding hydrogens is 258 g/mol. The number of rotatable bonds is 10. The first-order valence-electron chi connectivity index (χ1n) is 7.40. The quantitative estimate of drug-likeness (QED) is 0.541. The van der Waals surface area contributed by atoms with Gasteiger partial charge in [-0.15, -0.1) is 0 Å². The minimum absolute atomic E-state index is 1.10. The maximum absolute atomic E-state index is 3.85. The van der Waals surface area contributed by atoms with Crippen molar-refractivity contribution in [2.24, 2.45) is 0 Å². The van der Waals surface area contributed by atoms with E-state index in [4.69, 9.17) is 0 Å². The molecule has 0 fully saturated rings. The summed E-state index contributed by atoms with van der Waals surface area (Å²) in [4.78, 5) is 0. The number of hydrogen-bond acceptors (Lipinski definition) is 3. The van der Waals surface area contributed by atoms with E-state index in [0.29, 0.717) is 0 Å². The zero-order chi connectivity index (χ0) is 13.3. The van der Waals surface area contributed by atoms with E-state index in [0.717, 1.165) is 26.1 Å². The van der Waals surface area contributed by atoms with Gasteiger partial charge in [0.1, 0.15) is 0 Å². The van der Waals surface area contributed by atoms with E-state index in [9.17, 15) is 0 Å². The Balaban J connectivity index is 2.76. The first kappa shape index (κ1) is 16.1. The summed E-state index contributed by atoms with van der Waals surface area (Å²) in [5, 5.41) is 0. The molecule has 0 amide bonds. The summed E-state index contributed by atoms with van der Waals surface area (Å²) >= 11 is -2.46. The van der Waals surface area contributed by atoms with Crippen molar-refractivity contribution in [3.05, 3.63) is 22.1 Å². The molecule has 0 atom stereocenters. The van der Waals surface area contributed by atoms with Gasteiger partial charge in [-0.1, -0.05) is 0 Å². The zero-order valence-electron chi connectivity index (χ0n) is 12.2. The van der Waals surface area contributed by atoms with Crippen molar-refractivity contribution in [3.8, 4) is 0 Å². The van der Waals surface area contributed by atoms with Crippen LogP contribution in [-0.2, 0) is 17.4 Å². The Morgan fingerprint density at radius 2 is 1.44 bits per heavy atom. The van der Waals surface area contributed by atoms with Gasteiger partial charge in [0.2, 0.25) is 0 Å². The van der Waals surface area contributed by atoms with Crippen LogP contribution >= 0.6 is 0 Å². The summed E-state index contributed by atoms with van der Waals surface area (Å²) in [6.45, 7) is 10.0. The van der Waals surface area contributed by atoms with E-state index in [1.54, 1.807) is 3.88 Å². The summed E-state index contributed by atoms with van der Waals surface area (Å²) in [5.74, 6) is 0. The molecule has 0 aliphatic heterocycles. The summed E-state index contributed by atoms with van der Waals surface area (Å²) in [5.41, 5.74) is 0. The van der Waals surface area contributed by atoms with Crippen molar-refractivity contribution in [1.82, 2.24) is 11.4 Å². The molecule has 3 nitrogen and oxygen atoms in total. The van der Waals surface area contributed by atoms with Crippen LogP contribution in [0.15, 0.2) is 22.1 Å². The van der Waals surface area contributed by atoms with Crippen LogP contribution in [-0.4, -0.2) is 19.6 Å². The molecule has 0 heterocycles. The first-order chi connectivity index (χ1) is 8.79. The van der Waals surface area contributed by atoms with Gasteiger partial charge in [-0.2, -0.15) is 0 Å². The molecule has 0 saturated heterocycles. The van der Waals surface area contributed by atoms with E-state index < -0.39 is 17.4 Å². The van der Waals surface area contributed by atoms with Crippen LogP contribution in [0.25, 0.3) is 0 Å². The number of nitrogens with one attached hydrogen (secondary N) is 3. The van der Waals surface area contributed by atoms with Crippen molar-refractivity contribution in [2.45, 2.75) is 46.5 Å². The third kappa shape index (κ3) is 4.63. The minimum atomic E-state index is -2.46. The van der Waals surface area contributed by atoms with Crippen LogP contribution in [0.3, 0.4) is 0 Å². The van der Waals surface area contributed by atoms with Gasteiger partial charge in [0.15, 0.2) is 0 Å². The van der Waals surface area contributed by atoms with Crippen LogP contribution in [0, 0.1) is 0 Å². The topological polar surface area (TPSA) is 36.1 Å². The molecule has 0 unspecified atom stereocenters. The summed E-state index contributed by atoms with van der Waals surface area (Å²) < 4.78 is 13.1. The third-order valence-electron chi connectivity index (χ3n) is 3.17. The average Bonchev–Trinajstić information content (AvgIpc) is 2.93. The molecule has 4 heteroatoms. The van der Waals surface area contributed by atoms with Gasteiger partial charge in [0, 0.05) is 0 Å². The SMILES string of the molecule is CCC[NH][Ti]([NH]CCC)([NH]CCC)[C]1=CC=CC1. The molecule has 0 radical (unpaired) electrons. The van der Waals surface area contributed by atoms with E-state index >= 15 is 0 Å². The van der Waals surface area contributed by atoms with E-state index in [1.807, 2.05) is 0 Å². The van der Waals surface area contributed by atoms with Crippen LogP contribution in [0.4, 0.5) is 0 Å². The van der Waals surface area contributed by atoms with Crippen LogP contribution in [0.1, 0.15) is 46.5 Å². The summed E-state index contributed by atoms with van der Waals surface area (Å²) in [6, 6.07) is 0. The predicted molar refractivity (Wildman–Crippen MR) is 76.7 cm³/mol. The van der Waals surface area contributed by atoms with E-state index in [1.165, 1.54) is 19.3 Å². The number of allylic oxidation sites excluding steroid dienone is 4. The molecule has 1 aliphatic carbocycles. The third-order valence-corrected chi connectivity index (χ3v) is 8.91. The van der Waals surface area contributed by atoms with Crippen LogP contribution in [0.2, 0.25) is 0 Å². The Kier molecular flexibility index (Phi) is 8.11. The average molecular weight is 287 g/mol. The maximum atomic E-state index is 3.85. The molecule has 1 aliphatic rings. The molecule has 104 valence electrons. The molecule has 0 bridgehead atoms. The molecule has 1 rings (SSSR count). The second-order valence-electron chi connectivity index (χ2n) is 4.85. The van der Waals surface area contributed by atoms with E-state index in [2.05, 4.69) is 50.4 Å². The van der Waals surface area contributed by atoms with Crippen molar-refractivity contribution in [3.63, 3.8) is 0 Å². The van der Waals surface area contributed by atoms with Crippen molar-refractivity contribution >= 4 is 0 Å². The van der Waals surface area contributed by atoms with Crippen LogP contribution < -0.4 is 11.4 Å². The van der Waals surface area contributed by atoms with E-state index in [-0.39, 0.29) is 0 Å². The second-order valence-corrected chi connectivity index (χ2v) is 9.86. The van der Waals surface area contributed by atoms with Gasteiger partial charge in [-0.3, -0.25) is 0 Å². The predicted octanol–water partition coefficient (Wildman–Crippen LogP) is 2.73. The fourth-order valence-corrected chi connectivity index (χ4v) is 7.97. The summed E-state index contributed by atoms with van der Waals surface area (Å²) in [7, 11) is 0. The van der Waals surface area contributed by atoms with Crippen molar-refractivity contribution in [1.29, 1.82) is 0 Å². The molecule has 3 N–H and O–H groups in total. The Morgan fingerprint density at radius 3 is 1.78 bits per heavy atom. The normalized spacial score (nSPS) is 15.2. The van der Waals surface area contributed by atoms with Crippen molar-refractivity contribution in [2.75, 3.05) is 19.6 Å². The Bertz CT molecular complexity index is 265. The molecule has 18 heavy (non-hydrogen) atoms. The van der Waals surface area contributed by atoms with Crippen molar-refractivity contribution < 1.29 is 17.4 Å². The Labute approximate surface area is 117 Å². The van der Waals surface area contributed by atoms with Gasteiger partial charge >= 0.3 is 117 Å². The monoisotopic (exact) mass is 287 g/mol. The standard InChI is InChI=1S/C5H5.3C3H8N.Ti/c1-2-4-5-3-1;3*1-2-3-4;/h1-3H,4H2;3*4H,2-3H2,1H3;/q;3*-1;+3. The molecule has 0 spiro atoms. The Hall–Kier alpha value is 0.0743.